The fourth-order valence-electron chi connectivity index (χ4n) is 4.78. The summed E-state index contributed by atoms with van der Waals surface area (Å²) in [6.07, 6.45) is 9.14. The molecule has 10 heteroatoms. The van der Waals surface area contributed by atoms with Crippen LogP contribution in [0.2, 0.25) is 0 Å². The Bertz CT molecular complexity index is 709. The van der Waals surface area contributed by atoms with Gasteiger partial charge in [0.05, 0.1) is 42.3 Å². The molecule has 0 aliphatic heterocycles. The smallest absolute Gasteiger partial charge is 0.177 e. The molecular formula is C30H58N2O8. The molecule has 0 aliphatic rings. The molecule has 0 fully saturated rings. The van der Waals surface area contributed by atoms with Gasteiger partial charge in [-0.05, 0) is 12.8 Å². The fourth-order valence-corrected chi connectivity index (χ4v) is 4.78. The van der Waals surface area contributed by atoms with Crippen molar-refractivity contribution >= 4 is 23.5 Å². The molecule has 236 valence electrons. The molecule has 0 heterocycles. The van der Waals surface area contributed by atoms with Gasteiger partial charge in [-0.25, -0.2) is 0 Å². The summed E-state index contributed by atoms with van der Waals surface area (Å²) in [4.78, 5) is 45.9. The van der Waals surface area contributed by atoms with Crippen LogP contribution in [0.25, 0.3) is 0 Å². The van der Waals surface area contributed by atoms with E-state index >= 15 is 0 Å². The zero-order valence-electron chi connectivity index (χ0n) is 26.6. The molecule has 0 rings (SSSR count). The Morgan fingerprint density at radius 2 is 0.825 bits per heavy atom. The molecule has 0 spiro atoms. The van der Waals surface area contributed by atoms with Crippen molar-refractivity contribution < 1.29 is 48.6 Å². The SMILES string of the molecule is CCCCCCCC(=O)C(O)(CC(=O)[O-])C[N+](C)(C)C.CCCCCCCC(=O)C(O)(CC(=O)[O-])C[N+](C)(C)C. The van der Waals surface area contributed by atoms with E-state index in [2.05, 4.69) is 13.8 Å². The van der Waals surface area contributed by atoms with Crippen molar-refractivity contribution in [3.8, 4) is 0 Å². The molecule has 0 aliphatic carbocycles. The third kappa shape index (κ3) is 20.9. The molecule has 40 heavy (non-hydrogen) atoms. The van der Waals surface area contributed by atoms with E-state index in [1.165, 1.54) is 0 Å². The first kappa shape index (κ1) is 40.3. The number of ketones is 2. The number of carbonyl (C=O) groups excluding carboxylic acids is 4. The summed E-state index contributed by atoms with van der Waals surface area (Å²) in [5.74, 6) is -3.54. The second-order valence-corrected chi connectivity index (χ2v) is 13.2. The molecule has 2 unspecified atom stereocenters. The summed E-state index contributed by atoms with van der Waals surface area (Å²) in [6.45, 7) is 4.39. The quantitative estimate of drug-likeness (QED) is 0.143. The molecule has 0 radical (unpaired) electrons. The van der Waals surface area contributed by atoms with Gasteiger partial charge < -0.3 is 39.0 Å². The van der Waals surface area contributed by atoms with Gasteiger partial charge in [0.25, 0.3) is 0 Å². The molecule has 0 aromatic carbocycles. The van der Waals surface area contributed by atoms with Gasteiger partial charge in [-0.1, -0.05) is 65.2 Å². The maximum Gasteiger partial charge on any atom is 0.177 e. The molecule has 0 aromatic rings. The van der Waals surface area contributed by atoms with E-state index in [1.807, 2.05) is 42.3 Å². The molecule has 2 N–H and O–H groups in total. The summed E-state index contributed by atoms with van der Waals surface area (Å²) < 4.78 is 0.650. The second kappa shape index (κ2) is 19.3. The van der Waals surface area contributed by atoms with Crippen LogP contribution in [0.4, 0.5) is 0 Å². The highest BCUT2D eigenvalue weighted by molar-refractivity contribution is 5.91. The summed E-state index contributed by atoms with van der Waals surface area (Å²) in [5, 5.41) is 42.4. The highest BCUT2D eigenvalue weighted by Gasteiger charge is 2.41. The Kier molecular flexibility index (Phi) is 19.4. The molecule has 2 atom stereocenters. The Morgan fingerprint density at radius 3 is 1.05 bits per heavy atom. The van der Waals surface area contributed by atoms with Crippen molar-refractivity contribution in [1.29, 1.82) is 0 Å². The number of nitrogens with zero attached hydrogens (tertiary/aromatic N) is 2. The number of carboxylic acid groups (broad SMARTS) is 2. The minimum Gasteiger partial charge on any atom is -0.550 e. The largest absolute Gasteiger partial charge is 0.550 e. The van der Waals surface area contributed by atoms with Crippen molar-refractivity contribution in [2.24, 2.45) is 0 Å². The van der Waals surface area contributed by atoms with Gasteiger partial charge in [0.1, 0.15) is 13.1 Å². The zero-order chi connectivity index (χ0) is 31.6. The van der Waals surface area contributed by atoms with Crippen molar-refractivity contribution in [3.05, 3.63) is 0 Å². The highest BCUT2D eigenvalue weighted by Crippen LogP contribution is 2.21. The lowest BCUT2D eigenvalue weighted by Gasteiger charge is -2.35. The normalized spacial score (nSPS) is 14.8. The monoisotopic (exact) mass is 574 g/mol. The van der Waals surface area contributed by atoms with Gasteiger partial charge in [-0.3, -0.25) is 9.59 Å². The van der Waals surface area contributed by atoms with Crippen LogP contribution in [0.5, 0.6) is 0 Å². The van der Waals surface area contributed by atoms with Crippen LogP contribution < -0.4 is 10.2 Å². The lowest BCUT2D eigenvalue weighted by Crippen LogP contribution is -2.56. The number of unbranched alkanes of at least 4 members (excludes halogenated alkanes) is 8. The Hall–Kier alpha value is -1.88. The standard InChI is InChI=1S/2C15H29NO4/c2*1-5-6-7-8-9-10-13(17)15(20,11-14(18)19)12-16(2,3)4/h2*20H,5-12H2,1-4H3. The van der Waals surface area contributed by atoms with Gasteiger partial charge in [-0.2, -0.15) is 0 Å². The molecule has 0 bridgehead atoms. The van der Waals surface area contributed by atoms with Gasteiger partial charge in [0, 0.05) is 37.6 Å². The van der Waals surface area contributed by atoms with Crippen LogP contribution in [0, 0.1) is 0 Å². The highest BCUT2D eigenvalue weighted by atomic mass is 16.4. The van der Waals surface area contributed by atoms with E-state index in [0.29, 0.717) is 21.8 Å². The summed E-state index contributed by atoms with van der Waals surface area (Å²) >= 11 is 0. The Morgan fingerprint density at radius 1 is 0.550 bits per heavy atom. The summed E-state index contributed by atoms with van der Waals surface area (Å²) in [6, 6.07) is 0. The number of carbonyl (C=O) groups is 4. The number of aliphatic carboxylic acids is 2. The van der Waals surface area contributed by atoms with Gasteiger partial charge in [0.2, 0.25) is 0 Å². The van der Waals surface area contributed by atoms with Crippen molar-refractivity contribution in [1.82, 2.24) is 0 Å². The van der Waals surface area contributed by atoms with Crippen LogP contribution >= 0.6 is 0 Å². The lowest BCUT2D eigenvalue weighted by atomic mass is 9.89. The van der Waals surface area contributed by atoms with Gasteiger partial charge >= 0.3 is 0 Å². The van der Waals surface area contributed by atoms with Crippen molar-refractivity contribution in [2.75, 3.05) is 55.4 Å². The Balaban J connectivity index is 0. The molecule has 10 nitrogen and oxygen atoms in total. The molecule has 0 aromatic heterocycles. The topological polar surface area (TPSA) is 155 Å². The van der Waals surface area contributed by atoms with E-state index in [4.69, 9.17) is 0 Å². The molecular weight excluding hydrogens is 516 g/mol. The van der Waals surface area contributed by atoms with Crippen molar-refractivity contribution in [3.63, 3.8) is 0 Å². The first-order valence-electron chi connectivity index (χ1n) is 14.7. The number of likely N-dealkylation sites (N-methyl/N-ethyl adjacent to an activating group) is 2. The van der Waals surface area contributed by atoms with Crippen LogP contribution in [0.3, 0.4) is 0 Å². The third-order valence-electron chi connectivity index (χ3n) is 6.40. The predicted molar refractivity (Wildman–Crippen MR) is 152 cm³/mol. The predicted octanol–water partition coefficient (Wildman–Crippen LogP) is 0.987. The van der Waals surface area contributed by atoms with Gasteiger partial charge in [-0.15, -0.1) is 0 Å². The minimum absolute atomic E-state index is 0.0781. The minimum atomic E-state index is -1.82. The first-order valence-corrected chi connectivity index (χ1v) is 14.7. The fraction of sp³-hybridized carbons (Fsp3) is 0.867. The maximum absolute atomic E-state index is 12.2. The average Bonchev–Trinajstić information content (AvgIpc) is 2.75. The number of quaternary nitrogens is 2. The number of aliphatic hydroxyl groups is 2. The maximum atomic E-state index is 12.2. The number of Topliss-reactive ketones (excluding diaryl/α,β-unsaturated/α-hetero) is 2. The number of carboxylic acids is 2. The Labute approximate surface area is 242 Å². The van der Waals surface area contributed by atoms with E-state index in [1.54, 1.807) is 0 Å². The summed E-state index contributed by atoms with van der Waals surface area (Å²) in [5.41, 5.74) is -3.64. The second-order valence-electron chi connectivity index (χ2n) is 13.2. The third-order valence-corrected chi connectivity index (χ3v) is 6.40. The van der Waals surface area contributed by atoms with E-state index in [-0.39, 0.29) is 37.5 Å². The first-order chi connectivity index (χ1) is 18.2. The van der Waals surface area contributed by atoms with E-state index in [9.17, 15) is 39.6 Å². The number of hydrogen-bond donors (Lipinski definition) is 2. The van der Waals surface area contributed by atoms with Crippen LogP contribution in [0.15, 0.2) is 0 Å². The van der Waals surface area contributed by atoms with Crippen LogP contribution in [-0.2, 0) is 19.2 Å². The molecule has 0 amide bonds. The summed E-state index contributed by atoms with van der Waals surface area (Å²) in [7, 11) is 10.9. The molecule has 0 saturated heterocycles. The number of hydrogen-bond acceptors (Lipinski definition) is 8. The van der Waals surface area contributed by atoms with Crippen LogP contribution in [0.1, 0.15) is 104 Å². The lowest BCUT2D eigenvalue weighted by molar-refractivity contribution is -0.875. The zero-order valence-corrected chi connectivity index (χ0v) is 26.6. The van der Waals surface area contributed by atoms with Crippen LogP contribution in [-0.4, -0.2) is 109 Å². The average molecular weight is 575 g/mol. The number of rotatable bonds is 22. The van der Waals surface area contributed by atoms with E-state index in [0.717, 1.165) is 51.4 Å². The molecule has 0 saturated carbocycles. The van der Waals surface area contributed by atoms with Crippen molar-refractivity contribution in [2.45, 2.75) is 115 Å². The van der Waals surface area contributed by atoms with E-state index < -0.39 is 36.0 Å². The van der Waals surface area contributed by atoms with Gasteiger partial charge in [0.15, 0.2) is 22.8 Å².